The molecule has 0 fully saturated rings. The highest BCUT2D eigenvalue weighted by atomic mass is 16.5. The molecule has 3 nitrogen and oxygen atoms in total. The first-order valence-electron chi connectivity index (χ1n) is 4.83. The van der Waals surface area contributed by atoms with Crippen LogP contribution in [0.15, 0.2) is 12.1 Å². The van der Waals surface area contributed by atoms with E-state index < -0.39 is 0 Å². The fourth-order valence-electron chi connectivity index (χ4n) is 1.42. The Morgan fingerprint density at radius 2 is 2.00 bits per heavy atom. The summed E-state index contributed by atoms with van der Waals surface area (Å²) in [5.74, 6) is -0.377. The number of hydrogen-bond acceptors (Lipinski definition) is 3. The van der Waals surface area contributed by atoms with Crippen molar-refractivity contribution in [1.82, 2.24) is 0 Å². The van der Waals surface area contributed by atoms with Gasteiger partial charge in [0.2, 0.25) is 0 Å². The van der Waals surface area contributed by atoms with Crippen molar-refractivity contribution in [3.8, 4) is 0 Å². The Balaban J connectivity index is 3.18. The normalized spacial score (nSPS) is 9.80. The number of carbonyl (C=O) groups excluding carboxylic acids is 2. The molecule has 0 bridgehead atoms. The summed E-state index contributed by atoms with van der Waals surface area (Å²) in [6, 6.07) is 3.39. The van der Waals surface area contributed by atoms with Crippen molar-refractivity contribution in [1.29, 1.82) is 0 Å². The van der Waals surface area contributed by atoms with Crippen LogP contribution in [0.25, 0.3) is 0 Å². The highest BCUT2D eigenvalue weighted by molar-refractivity contribution is 5.93. The summed E-state index contributed by atoms with van der Waals surface area (Å²) in [7, 11) is 0. The minimum Gasteiger partial charge on any atom is -0.462 e. The molecule has 1 aromatic rings. The fourth-order valence-corrected chi connectivity index (χ4v) is 1.42. The molecule has 0 radical (unpaired) electrons. The lowest BCUT2D eigenvalue weighted by Gasteiger charge is -2.07. The maximum Gasteiger partial charge on any atom is 0.338 e. The van der Waals surface area contributed by atoms with E-state index in [-0.39, 0.29) is 5.97 Å². The Kier molecular flexibility index (Phi) is 3.61. The van der Waals surface area contributed by atoms with Gasteiger partial charge in [-0.05, 0) is 38.0 Å². The van der Waals surface area contributed by atoms with Crippen molar-refractivity contribution in [2.24, 2.45) is 0 Å². The van der Waals surface area contributed by atoms with E-state index in [4.69, 9.17) is 4.74 Å². The number of aryl methyl sites for hydroxylation is 2. The maximum atomic E-state index is 11.5. The summed E-state index contributed by atoms with van der Waals surface area (Å²) >= 11 is 0. The van der Waals surface area contributed by atoms with Gasteiger partial charge in [-0.25, -0.2) is 4.79 Å². The Hall–Kier alpha value is -1.64. The highest BCUT2D eigenvalue weighted by Crippen LogP contribution is 2.15. The summed E-state index contributed by atoms with van der Waals surface area (Å²) in [6.45, 7) is 5.75. The Morgan fingerprint density at radius 1 is 1.33 bits per heavy atom. The molecule has 15 heavy (non-hydrogen) atoms. The van der Waals surface area contributed by atoms with Gasteiger partial charge in [0, 0.05) is 5.56 Å². The van der Waals surface area contributed by atoms with Crippen LogP contribution in [0.2, 0.25) is 0 Å². The number of hydrogen-bond donors (Lipinski definition) is 0. The van der Waals surface area contributed by atoms with Crippen LogP contribution in [0, 0.1) is 13.8 Å². The van der Waals surface area contributed by atoms with Crippen LogP contribution < -0.4 is 0 Å². The summed E-state index contributed by atoms with van der Waals surface area (Å²) < 4.78 is 4.89. The van der Waals surface area contributed by atoms with E-state index >= 15 is 0 Å². The molecule has 0 aromatic heterocycles. The first-order valence-corrected chi connectivity index (χ1v) is 4.83. The van der Waals surface area contributed by atoms with Crippen molar-refractivity contribution in [3.05, 3.63) is 34.4 Å². The van der Waals surface area contributed by atoms with Gasteiger partial charge in [0.25, 0.3) is 0 Å². The summed E-state index contributed by atoms with van der Waals surface area (Å²) in [4.78, 5) is 22.2. The summed E-state index contributed by atoms with van der Waals surface area (Å²) in [5.41, 5.74) is 2.69. The minimum absolute atomic E-state index is 0.336. The second-order valence-corrected chi connectivity index (χ2v) is 3.36. The van der Waals surface area contributed by atoms with Gasteiger partial charge in [0.15, 0.2) is 0 Å². The van der Waals surface area contributed by atoms with Gasteiger partial charge in [-0.3, -0.25) is 4.79 Å². The zero-order chi connectivity index (χ0) is 11.4. The second kappa shape index (κ2) is 4.73. The van der Waals surface area contributed by atoms with Crippen molar-refractivity contribution in [2.45, 2.75) is 20.8 Å². The van der Waals surface area contributed by atoms with Crippen LogP contribution >= 0.6 is 0 Å². The minimum atomic E-state index is -0.377. The average molecular weight is 206 g/mol. The third-order valence-electron chi connectivity index (χ3n) is 2.24. The lowest BCUT2D eigenvalue weighted by Crippen LogP contribution is -2.08. The first kappa shape index (κ1) is 11.4. The van der Waals surface area contributed by atoms with Gasteiger partial charge in [0.1, 0.15) is 6.29 Å². The van der Waals surface area contributed by atoms with Crippen molar-refractivity contribution in [2.75, 3.05) is 6.61 Å². The number of esters is 1. The average Bonchev–Trinajstić information content (AvgIpc) is 2.18. The number of benzene rings is 1. The third-order valence-corrected chi connectivity index (χ3v) is 2.24. The highest BCUT2D eigenvalue weighted by Gasteiger charge is 2.12. The summed E-state index contributed by atoms with van der Waals surface area (Å²) in [6.07, 6.45) is 0.748. The van der Waals surface area contributed by atoms with E-state index in [1.165, 1.54) is 0 Å². The smallest absolute Gasteiger partial charge is 0.338 e. The lowest BCUT2D eigenvalue weighted by atomic mass is 10.0. The van der Waals surface area contributed by atoms with Crippen LogP contribution in [0.4, 0.5) is 0 Å². The number of aldehydes is 1. The molecule has 0 unspecified atom stereocenters. The number of carbonyl (C=O) groups is 2. The molecule has 0 saturated carbocycles. The van der Waals surface area contributed by atoms with Gasteiger partial charge in [-0.1, -0.05) is 6.07 Å². The molecular weight excluding hydrogens is 192 g/mol. The van der Waals surface area contributed by atoms with Gasteiger partial charge < -0.3 is 4.74 Å². The van der Waals surface area contributed by atoms with Gasteiger partial charge in [0.05, 0.1) is 12.2 Å². The Bertz CT molecular complexity index is 394. The van der Waals surface area contributed by atoms with Crippen LogP contribution in [0.3, 0.4) is 0 Å². The molecule has 0 aliphatic rings. The SMILES string of the molecule is CCOC(=O)c1cc(C=O)c(C)cc1C. The topological polar surface area (TPSA) is 43.4 Å². The third kappa shape index (κ3) is 2.43. The summed E-state index contributed by atoms with van der Waals surface area (Å²) in [5, 5.41) is 0. The van der Waals surface area contributed by atoms with Crippen LogP contribution in [-0.2, 0) is 4.74 Å². The second-order valence-electron chi connectivity index (χ2n) is 3.36. The maximum absolute atomic E-state index is 11.5. The molecule has 0 spiro atoms. The molecule has 3 heteroatoms. The van der Waals surface area contributed by atoms with E-state index in [9.17, 15) is 9.59 Å². The first-order chi connectivity index (χ1) is 7.10. The number of ether oxygens (including phenoxy) is 1. The van der Waals surface area contributed by atoms with Crippen LogP contribution in [-0.4, -0.2) is 18.9 Å². The molecule has 0 amide bonds. The van der Waals surface area contributed by atoms with E-state index in [1.807, 2.05) is 19.9 Å². The van der Waals surface area contributed by atoms with E-state index in [2.05, 4.69) is 0 Å². The van der Waals surface area contributed by atoms with Gasteiger partial charge >= 0.3 is 5.97 Å². The zero-order valence-electron chi connectivity index (χ0n) is 9.16. The fraction of sp³-hybridized carbons (Fsp3) is 0.333. The zero-order valence-corrected chi connectivity index (χ0v) is 9.16. The standard InChI is InChI=1S/C12H14O3/c1-4-15-12(14)11-6-10(7-13)8(2)5-9(11)3/h5-7H,4H2,1-3H3. The molecule has 1 aromatic carbocycles. The lowest BCUT2D eigenvalue weighted by molar-refractivity contribution is 0.0525. The molecule has 0 heterocycles. The Morgan fingerprint density at radius 3 is 2.53 bits per heavy atom. The predicted octanol–water partition coefficient (Wildman–Crippen LogP) is 2.29. The molecule has 1 rings (SSSR count). The molecule has 0 aliphatic carbocycles. The van der Waals surface area contributed by atoms with E-state index in [0.29, 0.717) is 17.7 Å². The van der Waals surface area contributed by atoms with Crippen LogP contribution in [0.1, 0.15) is 38.8 Å². The monoisotopic (exact) mass is 206 g/mol. The molecule has 0 N–H and O–H groups in total. The number of rotatable bonds is 3. The van der Waals surface area contributed by atoms with Gasteiger partial charge in [-0.2, -0.15) is 0 Å². The van der Waals surface area contributed by atoms with Crippen molar-refractivity contribution < 1.29 is 14.3 Å². The quantitative estimate of drug-likeness (QED) is 0.563. The van der Waals surface area contributed by atoms with Crippen molar-refractivity contribution >= 4 is 12.3 Å². The molecular formula is C12H14O3. The van der Waals surface area contributed by atoms with Gasteiger partial charge in [-0.15, -0.1) is 0 Å². The van der Waals surface area contributed by atoms with Crippen LogP contribution in [0.5, 0.6) is 0 Å². The van der Waals surface area contributed by atoms with E-state index in [1.54, 1.807) is 13.0 Å². The molecule has 0 atom stereocenters. The molecule has 0 saturated heterocycles. The predicted molar refractivity (Wildman–Crippen MR) is 57.3 cm³/mol. The van der Waals surface area contributed by atoms with Crippen molar-refractivity contribution in [3.63, 3.8) is 0 Å². The molecule has 0 aliphatic heterocycles. The van der Waals surface area contributed by atoms with E-state index in [0.717, 1.165) is 17.4 Å². The largest absolute Gasteiger partial charge is 0.462 e. The molecule has 80 valence electrons. The Labute approximate surface area is 89.1 Å².